The van der Waals surface area contributed by atoms with Crippen LogP contribution in [0.25, 0.3) is 0 Å². The van der Waals surface area contributed by atoms with Crippen LogP contribution in [0.1, 0.15) is 31.7 Å². The van der Waals surface area contributed by atoms with Crippen molar-refractivity contribution >= 4 is 15.9 Å². The molecule has 4 nitrogen and oxygen atoms in total. The van der Waals surface area contributed by atoms with Crippen LogP contribution in [0.15, 0.2) is 4.47 Å². The van der Waals surface area contributed by atoms with Gasteiger partial charge < -0.3 is 9.84 Å². The summed E-state index contributed by atoms with van der Waals surface area (Å²) < 4.78 is 8.42. The van der Waals surface area contributed by atoms with Crippen LogP contribution in [-0.2, 0) is 17.7 Å². The van der Waals surface area contributed by atoms with Crippen LogP contribution in [0, 0.1) is 6.92 Å². The molecule has 2 atom stereocenters. The summed E-state index contributed by atoms with van der Waals surface area (Å²) in [6.07, 6.45) is 1.16. The number of aryl methyl sites for hydroxylation is 2. The second-order valence-electron chi connectivity index (χ2n) is 4.71. The van der Waals surface area contributed by atoms with Gasteiger partial charge in [0.25, 0.3) is 0 Å². The van der Waals surface area contributed by atoms with Crippen LogP contribution in [0.5, 0.6) is 0 Å². The molecule has 1 aromatic rings. The van der Waals surface area contributed by atoms with Crippen molar-refractivity contribution in [3.05, 3.63) is 15.9 Å². The van der Waals surface area contributed by atoms with E-state index in [2.05, 4.69) is 28.0 Å². The lowest BCUT2D eigenvalue weighted by Gasteiger charge is -2.26. The highest BCUT2D eigenvalue weighted by Crippen LogP contribution is 2.32. The minimum Gasteiger partial charge on any atom is -0.387 e. The van der Waals surface area contributed by atoms with Crippen LogP contribution < -0.4 is 0 Å². The van der Waals surface area contributed by atoms with Gasteiger partial charge in [-0.25, -0.2) is 0 Å². The Morgan fingerprint density at radius 2 is 2.35 bits per heavy atom. The average Bonchev–Trinajstić information content (AvgIpc) is 2.75. The molecule has 0 amide bonds. The van der Waals surface area contributed by atoms with Gasteiger partial charge in [0.2, 0.25) is 0 Å². The Kier molecular flexibility index (Phi) is 3.61. The summed E-state index contributed by atoms with van der Waals surface area (Å²) in [5.41, 5.74) is 1.27. The minimum atomic E-state index is -0.762. The van der Waals surface area contributed by atoms with E-state index in [1.807, 2.05) is 18.5 Å². The van der Waals surface area contributed by atoms with Crippen LogP contribution in [-0.4, -0.2) is 33.2 Å². The second-order valence-corrected chi connectivity index (χ2v) is 5.50. The lowest BCUT2D eigenvalue weighted by molar-refractivity contribution is -0.0281. The van der Waals surface area contributed by atoms with Crippen molar-refractivity contribution in [2.45, 2.75) is 51.9 Å². The Labute approximate surface area is 110 Å². The maximum absolute atomic E-state index is 10.6. The van der Waals surface area contributed by atoms with E-state index >= 15 is 0 Å². The molecule has 2 heterocycles. The molecule has 0 spiro atoms. The summed E-state index contributed by atoms with van der Waals surface area (Å²) in [4.78, 5) is 0. The molecule has 1 aliphatic rings. The SMILES string of the molecule is CCn1nc(C)c(Br)c1CC1(O)CCOC1C. The molecular formula is C12H19BrN2O2. The molecule has 17 heavy (non-hydrogen) atoms. The van der Waals surface area contributed by atoms with Gasteiger partial charge in [-0.1, -0.05) is 0 Å². The summed E-state index contributed by atoms with van der Waals surface area (Å²) in [5, 5.41) is 15.0. The monoisotopic (exact) mass is 302 g/mol. The van der Waals surface area contributed by atoms with Gasteiger partial charge in [0.05, 0.1) is 27.6 Å². The Balaban J connectivity index is 2.29. The molecule has 5 heteroatoms. The fraction of sp³-hybridized carbons (Fsp3) is 0.750. The zero-order chi connectivity index (χ0) is 12.6. The third kappa shape index (κ3) is 2.28. The van der Waals surface area contributed by atoms with Crippen LogP contribution in [0.4, 0.5) is 0 Å². The first-order valence-electron chi connectivity index (χ1n) is 6.03. The third-order valence-corrected chi connectivity index (χ3v) is 4.62. The van der Waals surface area contributed by atoms with Crippen molar-refractivity contribution < 1.29 is 9.84 Å². The van der Waals surface area contributed by atoms with Gasteiger partial charge in [0, 0.05) is 26.0 Å². The number of aliphatic hydroxyl groups is 1. The van der Waals surface area contributed by atoms with E-state index in [-0.39, 0.29) is 6.10 Å². The molecule has 1 aliphatic heterocycles. The van der Waals surface area contributed by atoms with Gasteiger partial charge in [-0.15, -0.1) is 0 Å². The van der Waals surface area contributed by atoms with E-state index in [0.29, 0.717) is 19.4 Å². The number of aromatic nitrogens is 2. The van der Waals surface area contributed by atoms with Crippen LogP contribution >= 0.6 is 15.9 Å². The first kappa shape index (κ1) is 13.1. The Morgan fingerprint density at radius 3 is 2.88 bits per heavy atom. The zero-order valence-corrected chi connectivity index (χ0v) is 12.1. The number of halogens is 1. The lowest BCUT2D eigenvalue weighted by atomic mass is 9.91. The predicted molar refractivity (Wildman–Crippen MR) is 69.0 cm³/mol. The number of rotatable bonds is 3. The van der Waals surface area contributed by atoms with Crippen LogP contribution in [0.2, 0.25) is 0 Å². The van der Waals surface area contributed by atoms with E-state index in [1.165, 1.54) is 0 Å². The van der Waals surface area contributed by atoms with Gasteiger partial charge in [0.1, 0.15) is 0 Å². The van der Waals surface area contributed by atoms with Gasteiger partial charge >= 0.3 is 0 Å². The Bertz CT molecular complexity index is 419. The lowest BCUT2D eigenvalue weighted by Crippen LogP contribution is -2.39. The van der Waals surface area contributed by atoms with Gasteiger partial charge in [0.15, 0.2) is 0 Å². The molecule has 1 N–H and O–H groups in total. The maximum Gasteiger partial charge on any atom is 0.0982 e. The maximum atomic E-state index is 10.6. The molecule has 2 rings (SSSR count). The van der Waals surface area contributed by atoms with Crippen molar-refractivity contribution in [3.8, 4) is 0 Å². The largest absolute Gasteiger partial charge is 0.387 e. The molecule has 96 valence electrons. The Hall–Kier alpha value is -0.390. The van der Waals surface area contributed by atoms with Crippen molar-refractivity contribution in [2.24, 2.45) is 0 Å². The second kappa shape index (κ2) is 4.71. The highest BCUT2D eigenvalue weighted by atomic mass is 79.9. The number of ether oxygens (including phenoxy) is 1. The number of hydrogen-bond donors (Lipinski definition) is 1. The summed E-state index contributed by atoms with van der Waals surface area (Å²) in [5.74, 6) is 0. The third-order valence-electron chi connectivity index (χ3n) is 3.59. The molecule has 0 radical (unpaired) electrons. The normalized spacial score (nSPS) is 28.9. The minimum absolute atomic E-state index is 0.116. The van der Waals surface area contributed by atoms with E-state index < -0.39 is 5.60 Å². The molecule has 0 bridgehead atoms. The van der Waals surface area contributed by atoms with Crippen molar-refractivity contribution in [2.75, 3.05) is 6.61 Å². The number of hydrogen-bond acceptors (Lipinski definition) is 3. The zero-order valence-electron chi connectivity index (χ0n) is 10.5. The fourth-order valence-corrected chi connectivity index (χ4v) is 2.75. The standard InChI is InChI=1S/C12H19BrN2O2/c1-4-15-10(11(13)8(2)14-15)7-12(16)5-6-17-9(12)3/h9,16H,4-7H2,1-3H3. The highest BCUT2D eigenvalue weighted by molar-refractivity contribution is 9.10. The molecule has 1 saturated heterocycles. The number of nitrogens with zero attached hydrogens (tertiary/aromatic N) is 2. The molecule has 2 unspecified atom stereocenters. The van der Waals surface area contributed by atoms with E-state index in [4.69, 9.17) is 4.74 Å². The van der Waals surface area contributed by atoms with Crippen molar-refractivity contribution in [1.82, 2.24) is 9.78 Å². The molecule has 1 aromatic heterocycles. The van der Waals surface area contributed by atoms with Gasteiger partial charge in [-0.2, -0.15) is 5.10 Å². The van der Waals surface area contributed by atoms with Gasteiger partial charge in [-0.3, -0.25) is 4.68 Å². The summed E-state index contributed by atoms with van der Waals surface area (Å²) >= 11 is 3.56. The highest BCUT2D eigenvalue weighted by Gasteiger charge is 2.40. The van der Waals surface area contributed by atoms with E-state index in [0.717, 1.165) is 22.4 Å². The molecule has 0 aliphatic carbocycles. The first-order valence-corrected chi connectivity index (χ1v) is 6.83. The van der Waals surface area contributed by atoms with Crippen LogP contribution in [0.3, 0.4) is 0 Å². The molecule has 1 fully saturated rings. The first-order chi connectivity index (χ1) is 7.98. The predicted octanol–water partition coefficient (Wildman–Crippen LogP) is 2.06. The summed E-state index contributed by atoms with van der Waals surface area (Å²) in [6, 6.07) is 0. The van der Waals surface area contributed by atoms with E-state index in [1.54, 1.807) is 0 Å². The topological polar surface area (TPSA) is 47.3 Å². The molecule has 0 aromatic carbocycles. The smallest absolute Gasteiger partial charge is 0.0982 e. The molecular weight excluding hydrogens is 284 g/mol. The van der Waals surface area contributed by atoms with Crippen molar-refractivity contribution in [3.63, 3.8) is 0 Å². The fourth-order valence-electron chi connectivity index (χ4n) is 2.33. The Morgan fingerprint density at radius 1 is 1.65 bits per heavy atom. The molecule has 0 saturated carbocycles. The summed E-state index contributed by atoms with van der Waals surface area (Å²) in [7, 11) is 0. The summed E-state index contributed by atoms with van der Waals surface area (Å²) in [6.45, 7) is 7.40. The van der Waals surface area contributed by atoms with E-state index in [9.17, 15) is 5.11 Å². The average molecular weight is 303 g/mol. The van der Waals surface area contributed by atoms with Gasteiger partial charge in [-0.05, 0) is 36.7 Å². The van der Waals surface area contributed by atoms with Crippen molar-refractivity contribution in [1.29, 1.82) is 0 Å². The quantitative estimate of drug-likeness (QED) is 0.930.